The number of hydrogen-bond acceptors (Lipinski definition) is 5. The van der Waals surface area contributed by atoms with E-state index in [1.165, 1.54) is 12.3 Å². The van der Waals surface area contributed by atoms with Gasteiger partial charge in [-0.3, -0.25) is 10.1 Å². The molecule has 0 aliphatic rings. The van der Waals surface area contributed by atoms with Crippen LogP contribution >= 0.6 is 0 Å². The van der Waals surface area contributed by atoms with Gasteiger partial charge in [0.1, 0.15) is 18.4 Å². The molecule has 6 nitrogen and oxygen atoms in total. The molecule has 100 valence electrons. The highest BCUT2D eigenvalue weighted by molar-refractivity contribution is 5.52. The molecule has 0 bridgehead atoms. The highest BCUT2D eigenvalue weighted by Gasteiger charge is 2.18. The molecular formula is C14H11N3O3. The Morgan fingerprint density at radius 2 is 2.20 bits per heavy atom. The van der Waals surface area contributed by atoms with Crippen LogP contribution in [0.2, 0.25) is 0 Å². The maximum Gasteiger partial charge on any atom is 0.313 e. The first-order chi connectivity index (χ1) is 9.63. The SMILES string of the molecule is Cc1cccc(OCc2cccnc2C#N)c1[N+](=O)[O-]. The summed E-state index contributed by atoms with van der Waals surface area (Å²) in [5.74, 6) is 0.183. The van der Waals surface area contributed by atoms with Crippen LogP contribution in [0.1, 0.15) is 16.8 Å². The molecule has 1 aromatic heterocycles. The van der Waals surface area contributed by atoms with E-state index in [0.717, 1.165) is 0 Å². The number of nitrogens with zero attached hydrogens (tertiary/aromatic N) is 3. The molecule has 2 aromatic rings. The van der Waals surface area contributed by atoms with Gasteiger partial charge in [-0.05, 0) is 19.1 Å². The van der Waals surface area contributed by atoms with E-state index in [2.05, 4.69) is 4.98 Å². The lowest BCUT2D eigenvalue weighted by atomic mass is 10.2. The number of nitro groups is 1. The minimum atomic E-state index is -0.473. The number of hydrogen-bond donors (Lipinski definition) is 0. The number of rotatable bonds is 4. The van der Waals surface area contributed by atoms with Gasteiger partial charge in [0.25, 0.3) is 0 Å². The van der Waals surface area contributed by atoms with Crippen molar-refractivity contribution < 1.29 is 9.66 Å². The summed E-state index contributed by atoms with van der Waals surface area (Å²) < 4.78 is 5.48. The van der Waals surface area contributed by atoms with Crippen molar-refractivity contribution in [2.24, 2.45) is 0 Å². The Morgan fingerprint density at radius 1 is 1.40 bits per heavy atom. The quantitative estimate of drug-likeness (QED) is 0.628. The number of ether oxygens (including phenoxy) is 1. The summed E-state index contributed by atoms with van der Waals surface area (Å²) in [6.07, 6.45) is 1.51. The molecule has 0 spiro atoms. The predicted molar refractivity (Wildman–Crippen MR) is 71.1 cm³/mol. The normalized spacial score (nSPS) is 9.80. The van der Waals surface area contributed by atoms with Gasteiger partial charge in [0.05, 0.1) is 4.92 Å². The van der Waals surface area contributed by atoms with Gasteiger partial charge in [0, 0.05) is 17.3 Å². The molecule has 0 N–H and O–H groups in total. The van der Waals surface area contributed by atoms with Crippen LogP contribution in [0.15, 0.2) is 36.5 Å². The fourth-order valence-electron chi connectivity index (χ4n) is 1.79. The van der Waals surface area contributed by atoms with Crippen LogP contribution in [-0.2, 0) is 6.61 Å². The number of pyridine rings is 1. The molecule has 0 atom stereocenters. The molecule has 0 saturated carbocycles. The smallest absolute Gasteiger partial charge is 0.313 e. The van der Waals surface area contributed by atoms with Gasteiger partial charge >= 0.3 is 5.69 Å². The van der Waals surface area contributed by atoms with E-state index in [9.17, 15) is 10.1 Å². The van der Waals surface area contributed by atoms with Crippen LogP contribution < -0.4 is 4.74 Å². The van der Waals surface area contributed by atoms with Crippen LogP contribution in [0, 0.1) is 28.4 Å². The Morgan fingerprint density at radius 3 is 2.90 bits per heavy atom. The molecule has 0 aliphatic carbocycles. The highest BCUT2D eigenvalue weighted by atomic mass is 16.6. The number of nitriles is 1. The zero-order chi connectivity index (χ0) is 14.5. The van der Waals surface area contributed by atoms with E-state index in [1.807, 2.05) is 6.07 Å². The molecule has 0 fully saturated rings. The summed E-state index contributed by atoms with van der Waals surface area (Å²) in [4.78, 5) is 14.5. The number of aryl methyl sites for hydroxylation is 1. The van der Waals surface area contributed by atoms with E-state index in [0.29, 0.717) is 11.1 Å². The largest absolute Gasteiger partial charge is 0.482 e. The van der Waals surface area contributed by atoms with Gasteiger partial charge in [0.2, 0.25) is 0 Å². The average molecular weight is 269 g/mol. The third kappa shape index (κ3) is 2.72. The minimum absolute atomic E-state index is 0.0566. The van der Waals surface area contributed by atoms with Crippen molar-refractivity contribution in [1.29, 1.82) is 5.26 Å². The zero-order valence-electron chi connectivity index (χ0n) is 10.7. The van der Waals surface area contributed by atoms with Crippen molar-refractivity contribution in [1.82, 2.24) is 4.98 Å². The molecule has 0 amide bonds. The summed E-state index contributed by atoms with van der Waals surface area (Å²) >= 11 is 0. The van der Waals surface area contributed by atoms with Gasteiger partial charge in [-0.25, -0.2) is 4.98 Å². The van der Waals surface area contributed by atoms with Crippen LogP contribution in [0.25, 0.3) is 0 Å². The molecular weight excluding hydrogens is 258 g/mol. The maximum atomic E-state index is 11.0. The number of nitro benzene ring substituents is 1. The van der Waals surface area contributed by atoms with Crippen LogP contribution in [0.5, 0.6) is 5.75 Å². The van der Waals surface area contributed by atoms with E-state index in [4.69, 9.17) is 10.00 Å². The summed E-state index contributed by atoms with van der Waals surface area (Å²) in [7, 11) is 0. The zero-order valence-corrected chi connectivity index (χ0v) is 10.7. The molecule has 2 rings (SSSR count). The molecule has 0 saturated heterocycles. The molecule has 0 unspecified atom stereocenters. The lowest BCUT2D eigenvalue weighted by Crippen LogP contribution is -2.02. The van der Waals surface area contributed by atoms with Crippen molar-refractivity contribution in [3.05, 3.63) is 63.5 Å². The Hall–Kier alpha value is -2.94. The van der Waals surface area contributed by atoms with Crippen molar-refractivity contribution in [2.45, 2.75) is 13.5 Å². The van der Waals surface area contributed by atoms with Crippen LogP contribution in [0.3, 0.4) is 0 Å². The second kappa shape index (κ2) is 5.80. The fourth-order valence-corrected chi connectivity index (χ4v) is 1.79. The topological polar surface area (TPSA) is 89.0 Å². The fraction of sp³-hybridized carbons (Fsp3) is 0.143. The van der Waals surface area contributed by atoms with Crippen molar-refractivity contribution in [2.75, 3.05) is 0 Å². The Bertz CT molecular complexity index is 692. The summed E-state index contributed by atoms with van der Waals surface area (Å²) in [5.41, 5.74) is 1.31. The first-order valence-electron chi connectivity index (χ1n) is 5.84. The maximum absolute atomic E-state index is 11.0. The minimum Gasteiger partial charge on any atom is -0.482 e. The third-order valence-corrected chi connectivity index (χ3v) is 2.76. The van der Waals surface area contributed by atoms with Gasteiger partial charge in [-0.1, -0.05) is 18.2 Å². The molecule has 6 heteroatoms. The first-order valence-corrected chi connectivity index (χ1v) is 5.84. The lowest BCUT2D eigenvalue weighted by molar-refractivity contribution is -0.386. The molecule has 0 aliphatic heterocycles. The van der Waals surface area contributed by atoms with Gasteiger partial charge < -0.3 is 4.74 Å². The summed E-state index contributed by atoms with van der Waals surface area (Å²) in [6.45, 7) is 1.71. The van der Waals surface area contributed by atoms with Crippen molar-refractivity contribution in [3.8, 4) is 11.8 Å². The van der Waals surface area contributed by atoms with Gasteiger partial charge in [-0.15, -0.1) is 0 Å². The second-order valence-corrected chi connectivity index (χ2v) is 4.09. The van der Waals surface area contributed by atoms with Gasteiger partial charge in [-0.2, -0.15) is 5.26 Å². The van der Waals surface area contributed by atoms with E-state index < -0.39 is 4.92 Å². The summed E-state index contributed by atoms with van der Waals surface area (Å²) in [5, 5.41) is 20.0. The Balaban J connectivity index is 2.26. The molecule has 1 aromatic carbocycles. The predicted octanol–water partition coefficient (Wildman–Crippen LogP) is 2.75. The molecule has 0 radical (unpaired) electrons. The van der Waals surface area contributed by atoms with E-state index >= 15 is 0 Å². The number of aromatic nitrogens is 1. The van der Waals surface area contributed by atoms with Crippen molar-refractivity contribution in [3.63, 3.8) is 0 Å². The average Bonchev–Trinajstić information content (AvgIpc) is 2.45. The highest BCUT2D eigenvalue weighted by Crippen LogP contribution is 2.30. The molecule has 1 heterocycles. The Labute approximate surface area is 115 Å². The third-order valence-electron chi connectivity index (χ3n) is 2.76. The number of benzene rings is 1. The van der Waals surface area contributed by atoms with Crippen molar-refractivity contribution >= 4 is 5.69 Å². The Kier molecular flexibility index (Phi) is 3.91. The summed E-state index contributed by atoms with van der Waals surface area (Å²) in [6, 6.07) is 10.2. The van der Waals surface area contributed by atoms with E-state index in [1.54, 1.807) is 31.2 Å². The first kappa shape index (κ1) is 13.5. The second-order valence-electron chi connectivity index (χ2n) is 4.09. The monoisotopic (exact) mass is 269 g/mol. The standard InChI is InChI=1S/C14H11N3O3/c1-10-4-2-6-13(14(10)17(18)19)20-9-11-5-3-7-16-12(11)8-15/h2-7H,9H2,1H3. The van der Waals surface area contributed by atoms with Crippen LogP contribution in [0.4, 0.5) is 5.69 Å². The van der Waals surface area contributed by atoms with E-state index in [-0.39, 0.29) is 23.7 Å². The number of para-hydroxylation sites is 1. The van der Waals surface area contributed by atoms with Crippen LogP contribution in [-0.4, -0.2) is 9.91 Å². The van der Waals surface area contributed by atoms with Gasteiger partial charge in [0.15, 0.2) is 5.75 Å². The lowest BCUT2D eigenvalue weighted by Gasteiger charge is -2.08. The molecule has 20 heavy (non-hydrogen) atoms.